The van der Waals surface area contributed by atoms with E-state index in [1.807, 2.05) is 74.6 Å². The number of rotatable bonds is 7. The first kappa shape index (κ1) is 18.0. The lowest BCUT2D eigenvalue weighted by Crippen LogP contribution is -2.03. The average molecular weight is 270 g/mol. The molecule has 0 aliphatic carbocycles. The Hall–Kier alpha value is -2.02. The van der Waals surface area contributed by atoms with Crippen molar-refractivity contribution in [3.8, 4) is 5.75 Å². The number of hydrogen-bond acceptors (Lipinski definition) is 1. The molecule has 0 N–H and O–H groups in total. The van der Waals surface area contributed by atoms with E-state index in [1.54, 1.807) is 0 Å². The van der Waals surface area contributed by atoms with Crippen molar-refractivity contribution in [3.63, 3.8) is 0 Å². The Labute approximate surface area is 124 Å². The molecule has 1 heteroatoms. The summed E-state index contributed by atoms with van der Waals surface area (Å²) >= 11 is 0. The molecule has 0 aliphatic heterocycles. The molecule has 1 aromatic rings. The lowest BCUT2D eigenvalue weighted by Gasteiger charge is -2.13. The number of benzene rings is 1. The Balaban J connectivity index is 0.00000172. The smallest absolute Gasteiger partial charge is 0.126 e. The van der Waals surface area contributed by atoms with E-state index >= 15 is 0 Å². The van der Waals surface area contributed by atoms with Gasteiger partial charge in [-0.3, -0.25) is 0 Å². The summed E-state index contributed by atoms with van der Waals surface area (Å²) < 4.78 is 5.86. The molecule has 1 aromatic carbocycles. The maximum Gasteiger partial charge on any atom is 0.126 e. The monoisotopic (exact) mass is 270 g/mol. The zero-order valence-corrected chi connectivity index (χ0v) is 12.9. The number of allylic oxidation sites excluding steroid dienone is 5. The molecule has 0 fully saturated rings. The number of ether oxygens (including phenoxy) is 1. The minimum Gasteiger partial charge on any atom is -0.461 e. The Morgan fingerprint density at radius 3 is 2.40 bits per heavy atom. The van der Waals surface area contributed by atoms with Crippen LogP contribution in [0.5, 0.6) is 5.75 Å². The van der Waals surface area contributed by atoms with Crippen LogP contribution in [0.4, 0.5) is 0 Å². The highest BCUT2D eigenvalue weighted by molar-refractivity contribution is 5.25. The molecule has 0 aromatic heterocycles. The summed E-state index contributed by atoms with van der Waals surface area (Å²) in [6.45, 7) is 13.5. The first-order valence-electron chi connectivity index (χ1n) is 7.11. The molecule has 0 saturated heterocycles. The summed E-state index contributed by atoms with van der Waals surface area (Å²) in [6, 6.07) is 9.77. The summed E-state index contributed by atoms with van der Waals surface area (Å²) in [5.74, 6) is 1.91. The van der Waals surface area contributed by atoms with E-state index in [4.69, 9.17) is 4.74 Å². The molecule has 1 nitrogen and oxygen atoms in total. The van der Waals surface area contributed by atoms with E-state index in [-0.39, 0.29) is 5.92 Å². The van der Waals surface area contributed by atoms with Gasteiger partial charge in [-0.25, -0.2) is 0 Å². The van der Waals surface area contributed by atoms with Crippen molar-refractivity contribution in [2.24, 2.45) is 5.92 Å². The minimum absolute atomic E-state index is 0.179. The van der Waals surface area contributed by atoms with Crippen LogP contribution in [0.25, 0.3) is 0 Å². The van der Waals surface area contributed by atoms with Gasteiger partial charge in [-0.1, -0.05) is 63.3 Å². The van der Waals surface area contributed by atoms with Crippen molar-refractivity contribution < 1.29 is 4.74 Å². The van der Waals surface area contributed by atoms with Crippen molar-refractivity contribution in [1.82, 2.24) is 0 Å². The van der Waals surface area contributed by atoms with Gasteiger partial charge in [0.15, 0.2) is 0 Å². The summed E-state index contributed by atoms with van der Waals surface area (Å²) in [4.78, 5) is 0. The molecule has 0 heterocycles. The molecule has 1 atom stereocenters. The van der Waals surface area contributed by atoms with Gasteiger partial charge < -0.3 is 4.74 Å². The van der Waals surface area contributed by atoms with Gasteiger partial charge >= 0.3 is 0 Å². The van der Waals surface area contributed by atoms with Gasteiger partial charge in [-0.2, -0.15) is 0 Å². The second-order valence-corrected chi connectivity index (χ2v) is 3.96. The van der Waals surface area contributed by atoms with Crippen LogP contribution in [-0.2, 0) is 0 Å². The predicted octanol–water partition coefficient (Wildman–Crippen LogP) is 5.93. The van der Waals surface area contributed by atoms with Gasteiger partial charge in [0.05, 0.1) is 0 Å². The van der Waals surface area contributed by atoms with Gasteiger partial charge in [-0.15, -0.1) is 13.2 Å². The van der Waals surface area contributed by atoms with Gasteiger partial charge in [0, 0.05) is 5.92 Å². The largest absolute Gasteiger partial charge is 0.461 e. The molecule has 0 amide bonds. The first-order chi connectivity index (χ1) is 9.77. The summed E-state index contributed by atoms with van der Waals surface area (Å²) in [5.41, 5.74) is 0. The van der Waals surface area contributed by atoms with Crippen molar-refractivity contribution in [1.29, 1.82) is 0 Å². The lowest BCUT2D eigenvalue weighted by atomic mass is 10.1. The van der Waals surface area contributed by atoms with Gasteiger partial charge in [0.1, 0.15) is 11.5 Å². The van der Waals surface area contributed by atoms with Crippen LogP contribution in [0, 0.1) is 5.92 Å². The molecule has 0 bridgehead atoms. The van der Waals surface area contributed by atoms with E-state index in [2.05, 4.69) is 20.1 Å². The average Bonchev–Trinajstić information content (AvgIpc) is 2.52. The van der Waals surface area contributed by atoms with Crippen LogP contribution in [-0.4, -0.2) is 0 Å². The Kier molecular flexibility index (Phi) is 10.8. The SMILES string of the molecule is C=CC/C=C\C=C(\Oc1ccccc1)C(C)C=C.CC. The number of para-hydroxylation sites is 1. The first-order valence-corrected chi connectivity index (χ1v) is 7.11. The molecule has 0 radical (unpaired) electrons. The molecule has 0 spiro atoms. The topological polar surface area (TPSA) is 9.23 Å². The van der Waals surface area contributed by atoms with E-state index in [1.165, 1.54) is 0 Å². The highest BCUT2D eigenvalue weighted by Crippen LogP contribution is 2.19. The van der Waals surface area contributed by atoms with E-state index in [9.17, 15) is 0 Å². The lowest BCUT2D eigenvalue weighted by molar-refractivity contribution is 0.382. The van der Waals surface area contributed by atoms with Crippen molar-refractivity contribution in [2.45, 2.75) is 27.2 Å². The van der Waals surface area contributed by atoms with E-state index < -0.39 is 0 Å². The van der Waals surface area contributed by atoms with Crippen LogP contribution in [0.15, 0.2) is 79.6 Å². The third-order valence-corrected chi connectivity index (χ3v) is 2.48. The third-order valence-electron chi connectivity index (χ3n) is 2.48. The van der Waals surface area contributed by atoms with Gasteiger partial charge in [0.25, 0.3) is 0 Å². The minimum atomic E-state index is 0.179. The summed E-state index contributed by atoms with van der Waals surface area (Å²) in [7, 11) is 0. The standard InChI is InChI=1S/C17H20O.C2H6/c1-4-6-7-11-14-17(15(3)5-2)18-16-12-9-8-10-13-16;1-2/h4-5,7-15H,1-2,6H2,3H3;1-2H3/b11-7-,17-14+;. The number of hydrogen-bond donors (Lipinski definition) is 0. The van der Waals surface area contributed by atoms with Crippen LogP contribution in [0.1, 0.15) is 27.2 Å². The third kappa shape index (κ3) is 7.42. The maximum atomic E-state index is 5.86. The second kappa shape index (κ2) is 12.0. The Morgan fingerprint density at radius 2 is 1.85 bits per heavy atom. The molecule has 1 unspecified atom stereocenters. The van der Waals surface area contributed by atoms with Crippen molar-refractivity contribution in [2.75, 3.05) is 0 Å². The zero-order chi connectivity index (χ0) is 15.2. The highest BCUT2D eigenvalue weighted by atomic mass is 16.5. The normalized spacial score (nSPS) is 12.2. The van der Waals surface area contributed by atoms with Crippen molar-refractivity contribution in [3.05, 3.63) is 79.6 Å². The van der Waals surface area contributed by atoms with Crippen LogP contribution < -0.4 is 4.74 Å². The maximum absolute atomic E-state index is 5.86. The zero-order valence-electron chi connectivity index (χ0n) is 12.9. The summed E-state index contributed by atoms with van der Waals surface area (Å²) in [6.07, 6.45) is 10.6. The highest BCUT2D eigenvalue weighted by Gasteiger charge is 2.06. The molecule has 108 valence electrons. The fourth-order valence-electron chi connectivity index (χ4n) is 1.36. The fourth-order valence-corrected chi connectivity index (χ4v) is 1.36. The van der Waals surface area contributed by atoms with Crippen LogP contribution in [0.2, 0.25) is 0 Å². The molecule has 20 heavy (non-hydrogen) atoms. The second-order valence-electron chi connectivity index (χ2n) is 3.96. The fraction of sp³-hybridized carbons (Fsp3) is 0.263. The summed E-state index contributed by atoms with van der Waals surface area (Å²) in [5, 5.41) is 0. The predicted molar refractivity (Wildman–Crippen MR) is 89.8 cm³/mol. The van der Waals surface area contributed by atoms with E-state index in [0.29, 0.717) is 0 Å². The quantitative estimate of drug-likeness (QED) is 0.339. The van der Waals surface area contributed by atoms with Gasteiger partial charge in [-0.05, 0) is 24.6 Å². The van der Waals surface area contributed by atoms with Crippen LogP contribution >= 0.6 is 0 Å². The Morgan fingerprint density at radius 1 is 1.20 bits per heavy atom. The van der Waals surface area contributed by atoms with Crippen LogP contribution in [0.3, 0.4) is 0 Å². The van der Waals surface area contributed by atoms with Crippen molar-refractivity contribution >= 4 is 0 Å². The van der Waals surface area contributed by atoms with Gasteiger partial charge in [0.2, 0.25) is 0 Å². The molecule has 0 saturated carbocycles. The molecular formula is C19H26O. The van der Waals surface area contributed by atoms with E-state index in [0.717, 1.165) is 17.9 Å². The molecule has 1 rings (SSSR count). The Bertz CT molecular complexity index is 426. The molecular weight excluding hydrogens is 244 g/mol. The molecule has 0 aliphatic rings.